The van der Waals surface area contributed by atoms with Gasteiger partial charge in [-0.05, 0) is 61.3 Å². The van der Waals surface area contributed by atoms with Gasteiger partial charge in [0.15, 0.2) is 5.54 Å². The summed E-state index contributed by atoms with van der Waals surface area (Å²) in [7, 11) is 0. The third-order valence-electron chi connectivity index (χ3n) is 8.01. The molecule has 0 spiro atoms. The van der Waals surface area contributed by atoms with Gasteiger partial charge < -0.3 is 19.5 Å². The fourth-order valence-electron chi connectivity index (χ4n) is 5.60. The zero-order chi connectivity index (χ0) is 27.3. The minimum Gasteiger partial charge on any atom is -0.479 e. The topological polar surface area (TPSA) is 96.4 Å². The molecule has 1 heterocycles. The van der Waals surface area contributed by atoms with Crippen LogP contribution in [0.25, 0.3) is 11.1 Å². The van der Waals surface area contributed by atoms with Crippen LogP contribution in [0.5, 0.6) is 0 Å². The number of hydrogen-bond donors (Lipinski definition) is 1. The van der Waals surface area contributed by atoms with Gasteiger partial charge in [0.25, 0.3) is 0 Å². The van der Waals surface area contributed by atoms with Gasteiger partial charge in [0.05, 0.1) is 6.54 Å². The van der Waals surface area contributed by atoms with Crippen LogP contribution in [0.2, 0.25) is 0 Å². The molecule has 2 aliphatic carbocycles. The summed E-state index contributed by atoms with van der Waals surface area (Å²) in [4.78, 5) is 42.1. The lowest BCUT2D eigenvalue weighted by Gasteiger charge is -2.38. The Kier molecular flexibility index (Phi) is 6.40. The molecule has 5 rings (SSSR count). The maximum Gasteiger partial charge on any atom is 0.410 e. The van der Waals surface area contributed by atoms with E-state index in [1.54, 1.807) is 20.8 Å². The lowest BCUT2D eigenvalue weighted by Crippen LogP contribution is -2.60. The van der Waals surface area contributed by atoms with E-state index in [-0.39, 0.29) is 44.0 Å². The number of likely N-dealkylation sites (tertiary alicyclic amines) is 1. The standard InChI is InChI=1S/C30H36N2O6/c1-28(2,3)38-26(35)31-16-15-30(19-31,25(33)34)32(18-29(4)13-14-29)27(36)37-17-24-22-11-7-5-9-20(22)21-10-6-8-12-23(21)24/h5-12,24H,13-19H2,1-4H3,(H,33,34). The maximum absolute atomic E-state index is 13.7. The van der Waals surface area contributed by atoms with Crippen molar-refractivity contribution in [3.8, 4) is 11.1 Å². The third kappa shape index (κ3) is 4.84. The predicted octanol–water partition coefficient (Wildman–Crippen LogP) is 5.50. The van der Waals surface area contributed by atoms with Crippen molar-refractivity contribution in [2.45, 2.75) is 64.0 Å². The average Bonchev–Trinajstić information content (AvgIpc) is 3.29. The minimum atomic E-state index is -1.58. The van der Waals surface area contributed by atoms with Crippen molar-refractivity contribution >= 4 is 18.2 Å². The predicted molar refractivity (Wildman–Crippen MR) is 142 cm³/mol. The van der Waals surface area contributed by atoms with Crippen LogP contribution >= 0.6 is 0 Å². The summed E-state index contributed by atoms with van der Waals surface area (Å²) in [5.74, 6) is -1.27. The van der Waals surface area contributed by atoms with Crippen molar-refractivity contribution < 1.29 is 29.0 Å². The van der Waals surface area contributed by atoms with Crippen LogP contribution in [0.3, 0.4) is 0 Å². The van der Waals surface area contributed by atoms with Gasteiger partial charge in [0.2, 0.25) is 0 Å². The molecular weight excluding hydrogens is 484 g/mol. The van der Waals surface area contributed by atoms with Gasteiger partial charge in [-0.1, -0.05) is 55.5 Å². The van der Waals surface area contributed by atoms with Gasteiger partial charge in [0.1, 0.15) is 12.2 Å². The van der Waals surface area contributed by atoms with Crippen LogP contribution < -0.4 is 0 Å². The normalized spacial score (nSPS) is 21.4. The summed E-state index contributed by atoms with van der Waals surface area (Å²) in [6, 6.07) is 16.2. The Labute approximate surface area is 223 Å². The molecule has 1 saturated heterocycles. The second kappa shape index (κ2) is 9.33. The van der Waals surface area contributed by atoms with Crippen LogP contribution in [-0.2, 0) is 14.3 Å². The highest BCUT2D eigenvalue weighted by atomic mass is 16.6. The maximum atomic E-state index is 13.7. The Morgan fingerprint density at radius 1 is 1.00 bits per heavy atom. The first kappa shape index (κ1) is 26.1. The van der Waals surface area contributed by atoms with Crippen LogP contribution in [0.1, 0.15) is 64.0 Å². The van der Waals surface area contributed by atoms with E-state index in [1.807, 2.05) is 43.3 Å². The molecule has 1 aliphatic heterocycles. The molecule has 8 nitrogen and oxygen atoms in total. The highest BCUT2D eigenvalue weighted by Crippen LogP contribution is 2.48. The fraction of sp³-hybridized carbons (Fsp3) is 0.500. The van der Waals surface area contributed by atoms with Crippen molar-refractivity contribution in [1.29, 1.82) is 0 Å². The Morgan fingerprint density at radius 3 is 2.11 bits per heavy atom. The first-order valence-corrected chi connectivity index (χ1v) is 13.3. The Bertz CT molecular complexity index is 1220. The molecule has 1 unspecified atom stereocenters. The van der Waals surface area contributed by atoms with E-state index >= 15 is 0 Å². The molecular formula is C30H36N2O6. The average molecular weight is 521 g/mol. The molecule has 2 aromatic carbocycles. The van der Waals surface area contributed by atoms with Gasteiger partial charge >= 0.3 is 18.2 Å². The minimum absolute atomic E-state index is 0.103. The molecule has 8 heteroatoms. The Hall–Kier alpha value is -3.55. The summed E-state index contributed by atoms with van der Waals surface area (Å²) in [5, 5.41) is 10.4. The van der Waals surface area contributed by atoms with Crippen molar-refractivity contribution in [2.24, 2.45) is 5.41 Å². The van der Waals surface area contributed by atoms with E-state index < -0.39 is 29.3 Å². The van der Waals surface area contributed by atoms with E-state index in [4.69, 9.17) is 9.47 Å². The van der Waals surface area contributed by atoms with Gasteiger partial charge in [-0.2, -0.15) is 0 Å². The van der Waals surface area contributed by atoms with Gasteiger partial charge in [-0.15, -0.1) is 0 Å². The van der Waals surface area contributed by atoms with E-state index in [1.165, 1.54) is 9.80 Å². The van der Waals surface area contributed by atoms with Gasteiger partial charge in [0, 0.05) is 25.4 Å². The summed E-state index contributed by atoms with van der Waals surface area (Å²) < 4.78 is 11.4. The third-order valence-corrected chi connectivity index (χ3v) is 8.01. The van der Waals surface area contributed by atoms with Crippen LogP contribution in [0, 0.1) is 5.41 Å². The second-order valence-electron chi connectivity index (χ2n) is 12.2. The monoisotopic (exact) mass is 520 g/mol. The Balaban J connectivity index is 1.39. The molecule has 1 saturated carbocycles. The van der Waals surface area contributed by atoms with Crippen LogP contribution in [0.4, 0.5) is 9.59 Å². The first-order valence-electron chi connectivity index (χ1n) is 13.3. The summed E-state index contributed by atoms with van der Waals surface area (Å²) in [6.45, 7) is 7.76. The largest absolute Gasteiger partial charge is 0.479 e. The SMILES string of the molecule is CC1(CN(C(=O)OCC2c3ccccc3-c3ccccc32)C2(C(=O)O)CCN(C(=O)OC(C)(C)C)C2)CC1. The lowest BCUT2D eigenvalue weighted by molar-refractivity contribution is -0.150. The quantitative estimate of drug-likeness (QED) is 0.540. The number of amides is 2. The number of ether oxygens (including phenoxy) is 2. The number of rotatable bonds is 6. The van der Waals surface area contributed by atoms with Crippen molar-refractivity contribution in [3.05, 3.63) is 59.7 Å². The lowest BCUT2D eigenvalue weighted by atomic mass is 9.94. The molecule has 3 aliphatic rings. The van der Waals surface area contributed by atoms with Crippen molar-refractivity contribution in [2.75, 3.05) is 26.2 Å². The number of carbonyl (C=O) groups excluding carboxylic acids is 2. The number of nitrogens with zero attached hydrogens (tertiary/aromatic N) is 2. The molecule has 202 valence electrons. The zero-order valence-corrected chi connectivity index (χ0v) is 22.5. The van der Waals surface area contributed by atoms with E-state index in [0.717, 1.165) is 35.1 Å². The number of hydrogen-bond acceptors (Lipinski definition) is 5. The highest BCUT2D eigenvalue weighted by Gasteiger charge is 2.56. The molecule has 38 heavy (non-hydrogen) atoms. The molecule has 2 amide bonds. The van der Waals surface area contributed by atoms with Gasteiger partial charge in [-0.25, -0.2) is 14.4 Å². The molecule has 2 fully saturated rings. The fourth-order valence-corrected chi connectivity index (χ4v) is 5.60. The summed E-state index contributed by atoms with van der Waals surface area (Å²) in [5.41, 5.74) is 1.98. The second-order valence-corrected chi connectivity index (χ2v) is 12.2. The number of carbonyl (C=O) groups is 3. The smallest absolute Gasteiger partial charge is 0.410 e. The number of carboxylic acids is 1. The molecule has 0 radical (unpaired) electrons. The van der Waals surface area contributed by atoms with Gasteiger partial charge in [-0.3, -0.25) is 4.90 Å². The van der Waals surface area contributed by atoms with E-state index in [0.29, 0.717) is 0 Å². The molecule has 0 bridgehead atoms. The Morgan fingerprint density at radius 2 is 1.58 bits per heavy atom. The number of fused-ring (bicyclic) bond motifs is 3. The molecule has 1 atom stereocenters. The van der Waals surface area contributed by atoms with Crippen LogP contribution in [0.15, 0.2) is 48.5 Å². The molecule has 2 aromatic rings. The number of aliphatic carboxylic acids is 1. The van der Waals surface area contributed by atoms with Crippen molar-refractivity contribution in [1.82, 2.24) is 9.80 Å². The highest BCUT2D eigenvalue weighted by molar-refractivity contribution is 5.87. The first-order chi connectivity index (χ1) is 17.9. The summed E-state index contributed by atoms with van der Waals surface area (Å²) >= 11 is 0. The zero-order valence-electron chi connectivity index (χ0n) is 22.5. The molecule has 1 N–H and O–H groups in total. The van der Waals surface area contributed by atoms with E-state index in [2.05, 4.69) is 12.1 Å². The van der Waals surface area contributed by atoms with Crippen LogP contribution in [-0.4, -0.2) is 70.4 Å². The number of benzene rings is 2. The van der Waals surface area contributed by atoms with Crippen molar-refractivity contribution in [3.63, 3.8) is 0 Å². The number of carboxylic acid groups (broad SMARTS) is 1. The molecule has 0 aromatic heterocycles. The van der Waals surface area contributed by atoms with E-state index in [9.17, 15) is 19.5 Å². The summed E-state index contributed by atoms with van der Waals surface area (Å²) in [6.07, 6.45) is 0.693.